The molecule has 0 fully saturated rings. The fourth-order valence-electron chi connectivity index (χ4n) is 0.877. The molecule has 0 aromatic carbocycles. The number of aryl methyl sites for hydroxylation is 1. The number of aliphatic carboxylic acids is 1. The Kier molecular flexibility index (Phi) is 3.75. The number of rotatable bonds is 4. The first-order chi connectivity index (χ1) is 7.02. The van der Waals surface area contributed by atoms with E-state index < -0.39 is 18.0 Å². The number of aromatic nitrogens is 1. The van der Waals surface area contributed by atoms with Gasteiger partial charge < -0.3 is 15.5 Å². The zero-order chi connectivity index (χ0) is 11.4. The van der Waals surface area contributed by atoms with Gasteiger partial charge in [-0.05, 0) is 6.92 Å². The first kappa shape index (κ1) is 11.6. The number of thiazole rings is 1. The molecule has 0 aliphatic heterocycles. The van der Waals surface area contributed by atoms with E-state index in [0.717, 1.165) is 0 Å². The van der Waals surface area contributed by atoms with E-state index in [4.69, 9.17) is 10.2 Å². The Morgan fingerprint density at radius 3 is 2.80 bits per heavy atom. The van der Waals surface area contributed by atoms with E-state index in [-0.39, 0.29) is 6.54 Å². The molecule has 1 aromatic heterocycles. The van der Waals surface area contributed by atoms with Crippen LogP contribution in [0.5, 0.6) is 0 Å². The van der Waals surface area contributed by atoms with Gasteiger partial charge in [0.1, 0.15) is 4.88 Å². The lowest BCUT2D eigenvalue weighted by atomic mass is 10.3. The van der Waals surface area contributed by atoms with Crippen LogP contribution in [0.15, 0.2) is 5.51 Å². The number of nitrogens with one attached hydrogen (secondary N) is 1. The van der Waals surface area contributed by atoms with Crippen LogP contribution in [0.25, 0.3) is 0 Å². The predicted molar refractivity (Wildman–Crippen MR) is 52.8 cm³/mol. The molecule has 1 heterocycles. The van der Waals surface area contributed by atoms with Crippen molar-refractivity contribution in [3.63, 3.8) is 0 Å². The van der Waals surface area contributed by atoms with Crippen LogP contribution in [0.1, 0.15) is 15.4 Å². The van der Waals surface area contributed by atoms with Crippen LogP contribution in [0.3, 0.4) is 0 Å². The maximum Gasteiger partial charge on any atom is 0.334 e. The summed E-state index contributed by atoms with van der Waals surface area (Å²) in [4.78, 5) is 26.0. The van der Waals surface area contributed by atoms with Crippen molar-refractivity contribution in [3.05, 3.63) is 16.1 Å². The zero-order valence-corrected chi connectivity index (χ0v) is 8.74. The van der Waals surface area contributed by atoms with Gasteiger partial charge in [-0.25, -0.2) is 9.78 Å². The van der Waals surface area contributed by atoms with Crippen LogP contribution in [0.2, 0.25) is 0 Å². The lowest BCUT2D eigenvalue weighted by molar-refractivity contribution is -0.146. The van der Waals surface area contributed by atoms with Gasteiger partial charge in [0, 0.05) is 0 Å². The van der Waals surface area contributed by atoms with Gasteiger partial charge in [-0.3, -0.25) is 4.79 Å². The molecule has 1 unspecified atom stereocenters. The molecule has 0 aliphatic rings. The summed E-state index contributed by atoms with van der Waals surface area (Å²) in [5.41, 5.74) is 2.11. The Labute approximate surface area is 89.6 Å². The molecule has 0 saturated heterocycles. The first-order valence-electron chi connectivity index (χ1n) is 4.11. The molecule has 0 spiro atoms. The minimum absolute atomic E-state index is 0.314. The first-order valence-corrected chi connectivity index (χ1v) is 4.99. The Morgan fingerprint density at radius 1 is 1.67 bits per heavy atom. The molecule has 1 aromatic rings. The predicted octanol–water partition coefficient (Wildman–Crippen LogP) is -0.373. The largest absolute Gasteiger partial charge is 0.479 e. The number of aliphatic hydroxyl groups excluding tert-OH is 1. The van der Waals surface area contributed by atoms with E-state index in [1.165, 1.54) is 16.8 Å². The van der Waals surface area contributed by atoms with Crippen LogP contribution < -0.4 is 5.32 Å². The van der Waals surface area contributed by atoms with Crippen molar-refractivity contribution in [2.24, 2.45) is 0 Å². The van der Waals surface area contributed by atoms with Crippen molar-refractivity contribution >= 4 is 23.2 Å². The zero-order valence-electron chi connectivity index (χ0n) is 7.93. The van der Waals surface area contributed by atoms with Gasteiger partial charge in [0.2, 0.25) is 0 Å². The number of nitrogens with zero attached hydrogens (tertiary/aromatic N) is 1. The standard InChI is InChI=1S/C8H10N2O4S/c1-4-6(15-3-10-4)7(12)9-2-5(11)8(13)14/h3,5,11H,2H2,1H3,(H,9,12)(H,13,14). The molecule has 1 amide bonds. The highest BCUT2D eigenvalue weighted by Crippen LogP contribution is 2.11. The van der Waals surface area contributed by atoms with Gasteiger partial charge >= 0.3 is 5.97 Å². The number of hydrogen-bond acceptors (Lipinski definition) is 5. The molecule has 15 heavy (non-hydrogen) atoms. The molecule has 0 bridgehead atoms. The Hall–Kier alpha value is -1.47. The van der Waals surface area contributed by atoms with Crippen LogP contribution >= 0.6 is 11.3 Å². The SMILES string of the molecule is Cc1ncsc1C(=O)NCC(O)C(=O)O. The molecule has 6 nitrogen and oxygen atoms in total. The van der Waals surface area contributed by atoms with Crippen LogP contribution in [-0.4, -0.2) is 39.7 Å². The smallest absolute Gasteiger partial charge is 0.334 e. The molecule has 0 saturated carbocycles. The van der Waals surface area contributed by atoms with Crippen LogP contribution in [0.4, 0.5) is 0 Å². The molecule has 1 rings (SSSR count). The summed E-state index contributed by atoms with van der Waals surface area (Å²) >= 11 is 1.17. The highest BCUT2D eigenvalue weighted by Gasteiger charge is 2.16. The Morgan fingerprint density at radius 2 is 2.33 bits per heavy atom. The number of amides is 1. The average molecular weight is 230 g/mol. The van der Waals surface area contributed by atoms with Gasteiger partial charge in [-0.1, -0.05) is 0 Å². The molecular weight excluding hydrogens is 220 g/mol. The second-order valence-electron chi connectivity index (χ2n) is 2.83. The molecule has 82 valence electrons. The number of carboxylic acids is 1. The lowest BCUT2D eigenvalue weighted by Gasteiger charge is -2.06. The second-order valence-corrected chi connectivity index (χ2v) is 3.69. The van der Waals surface area contributed by atoms with Crippen LogP contribution in [-0.2, 0) is 4.79 Å². The maximum absolute atomic E-state index is 11.4. The summed E-state index contributed by atoms with van der Waals surface area (Å²) in [5, 5.41) is 19.6. The Bertz CT molecular complexity index is 376. The van der Waals surface area contributed by atoms with E-state index in [9.17, 15) is 9.59 Å². The average Bonchev–Trinajstić information content (AvgIpc) is 2.60. The summed E-state index contributed by atoms with van der Waals surface area (Å²) < 4.78 is 0. The molecule has 0 radical (unpaired) electrons. The fourth-order valence-corrected chi connectivity index (χ4v) is 1.60. The van der Waals surface area contributed by atoms with E-state index in [2.05, 4.69) is 10.3 Å². The van der Waals surface area contributed by atoms with Gasteiger partial charge in [0.15, 0.2) is 6.10 Å². The molecule has 1 atom stereocenters. The van der Waals surface area contributed by atoms with Crippen molar-refractivity contribution in [1.29, 1.82) is 0 Å². The van der Waals surface area contributed by atoms with E-state index in [1.54, 1.807) is 6.92 Å². The third kappa shape index (κ3) is 3.00. The third-order valence-electron chi connectivity index (χ3n) is 1.69. The summed E-state index contributed by atoms with van der Waals surface area (Å²) in [6.45, 7) is 1.37. The second kappa shape index (κ2) is 4.85. The third-order valence-corrected chi connectivity index (χ3v) is 2.62. The van der Waals surface area contributed by atoms with E-state index in [0.29, 0.717) is 10.6 Å². The summed E-state index contributed by atoms with van der Waals surface area (Å²) in [6.07, 6.45) is -1.58. The van der Waals surface area contributed by atoms with Gasteiger partial charge in [-0.15, -0.1) is 11.3 Å². The van der Waals surface area contributed by atoms with Crippen molar-refractivity contribution in [3.8, 4) is 0 Å². The molecule has 0 aliphatic carbocycles. The normalized spacial score (nSPS) is 12.1. The molecule has 3 N–H and O–H groups in total. The lowest BCUT2D eigenvalue weighted by Crippen LogP contribution is -2.36. The number of carboxylic acid groups (broad SMARTS) is 1. The minimum Gasteiger partial charge on any atom is -0.479 e. The van der Waals surface area contributed by atoms with Crippen molar-refractivity contribution < 1.29 is 19.8 Å². The number of hydrogen-bond donors (Lipinski definition) is 3. The topological polar surface area (TPSA) is 99.5 Å². The van der Waals surface area contributed by atoms with Crippen LogP contribution in [0, 0.1) is 6.92 Å². The highest BCUT2D eigenvalue weighted by molar-refractivity contribution is 7.11. The van der Waals surface area contributed by atoms with E-state index >= 15 is 0 Å². The molecular formula is C8H10N2O4S. The number of aliphatic hydroxyl groups is 1. The van der Waals surface area contributed by atoms with E-state index in [1.807, 2.05) is 0 Å². The summed E-state index contributed by atoms with van der Waals surface area (Å²) in [5.74, 6) is -1.79. The summed E-state index contributed by atoms with van der Waals surface area (Å²) in [6, 6.07) is 0. The highest BCUT2D eigenvalue weighted by atomic mass is 32.1. The summed E-state index contributed by atoms with van der Waals surface area (Å²) in [7, 11) is 0. The number of carbonyl (C=O) groups is 2. The monoisotopic (exact) mass is 230 g/mol. The van der Waals surface area contributed by atoms with Gasteiger partial charge in [0.25, 0.3) is 5.91 Å². The quantitative estimate of drug-likeness (QED) is 0.655. The van der Waals surface area contributed by atoms with Crippen molar-refractivity contribution in [1.82, 2.24) is 10.3 Å². The minimum atomic E-state index is -1.58. The van der Waals surface area contributed by atoms with Gasteiger partial charge in [-0.2, -0.15) is 0 Å². The van der Waals surface area contributed by atoms with Crippen molar-refractivity contribution in [2.45, 2.75) is 13.0 Å². The fraction of sp³-hybridized carbons (Fsp3) is 0.375. The number of carbonyl (C=O) groups excluding carboxylic acids is 1. The van der Waals surface area contributed by atoms with Crippen molar-refractivity contribution in [2.75, 3.05) is 6.54 Å². The Balaban J connectivity index is 2.51. The maximum atomic E-state index is 11.4. The molecule has 7 heteroatoms. The van der Waals surface area contributed by atoms with Gasteiger partial charge in [0.05, 0.1) is 17.7 Å².